The number of rotatable bonds is 4. The summed E-state index contributed by atoms with van der Waals surface area (Å²) in [6.45, 7) is 3.86. The number of hydrogen-bond donors (Lipinski definition) is 0. The third kappa shape index (κ3) is 3.65. The van der Waals surface area contributed by atoms with Crippen molar-refractivity contribution in [1.29, 1.82) is 0 Å². The lowest BCUT2D eigenvalue weighted by atomic mass is 10.1. The normalized spacial score (nSPS) is 14.3. The summed E-state index contributed by atoms with van der Waals surface area (Å²) in [5, 5.41) is 9.27. The van der Waals surface area contributed by atoms with E-state index < -0.39 is 0 Å². The van der Waals surface area contributed by atoms with Crippen molar-refractivity contribution in [2.45, 2.75) is 24.8 Å². The van der Waals surface area contributed by atoms with Gasteiger partial charge in [0, 0.05) is 18.7 Å². The highest BCUT2D eigenvalue weighted by atomic mass is 32.2. The lowest BCUT2D eigenvalue weighted by Crippen LogP contribution is -2.29. The Bertz CT molecular complexity index is 634. The summed E-state index contributed by atoms with van der Waals surface area (Å²) in [5.41, 5.74) is 3.14. The molecular weight excluding hydrogens is 294 g/mol. The Labute approximate surface area is 134 Å². The second-order valence-corrected chi connectivity index (χ2v) is 6.50. The monoisotopic (exact) mass is 313 g/mol. The molecule has 0 saturated carbocycles. The van der Waals surface area contributed by atoms with Crippen LogP contribution in [0.1, 0.15) is 18.4 Å². The molecule has 1 amide bonds. The van der Waals surface area contributed by atoms with Crippen LogP contribution in [-0.2, 0) is 4.79 Å². The molecule has 0 unspecified atom stereocenters. The molecule has 114 valence electrons. The first kappa shape index (κ1) is 15.0. The van der Waals surface area contributed by atoms with Crippen LogP contribution in [0.2, 0.25) is 0 Å². The van der Waals surface area contributed by atoms with E-state index in [4.69, 9.17) is 0 Å². The second kappa shape index (κ2) is 6.92. The number of carbonyl (C=O) groups excluding carboxylic acids is 1. The van der Waals surface area contributed by atoms with Gasteiger partial charge in [0.15, 0.2) is 0 Å². The SMILES string of the molecule is Cc1ccc(-c2ccc(SCC(=O)N3CCCC3)nn2)cc1. The molecule has 5 heteroatoms. The second-order valence-electron chi connectivity index (χ2n) is 5.50. The molecule has 1 aromatic heterocycles. The van der Waals surface area contributed by atoms with Gasteiger partial charge in [-0.15, -0.1) is 10.2 Å². The highest BCUT2D eigenvalue weighted by molar-refractivity contribution is 7.99. The van der Waals surface area contributed by atoms with E-state index in [0.717, 1.165) is 42.2 Å². The van der Waals surface area contributed by atoms with Gasteiger partial charge >= 0.3 is 0 Å². The van der Waals surface area contributed by atoms with Gasteiger partial charge < -0.3 is 4.90 Å². The molecular formula is C17H19N3OS. The predicted molar refractivity (Wildman–Crippen MR) is 88.7 cm³/mol. The van der Waals surface area contributed by atoms with Gasteiger partial charge in [-0.3, -0.25) is 4.79 Å². The van der Waals surface area contributed by atoms with Crippen molar-refractivity contribution in [3.63, 3.8) is 0 Å². The molecule has 22 heavy (non-hydrogen) atoms. The van der Waals surface area contributed by atoms with Crippen molar-refractivity contribution >= 4 is 17.7 Å². The first-order valence-corrected chi connectivity index (χ1v) is 8.52. The van der Waals surface area contributed by atoms with Gasteiger partial charge in [-0.2, -0.15) is 0 Å². The molecule has 1 aliphatic heterocycles. The van der Waals surface area contributed by atoms with Gasteiger partial charge in [0.2, 0.25) is 5.91 Å². The fourth-order valence-electron chi connectivity index (χ4n) is 2.47. The van der Waals surface area contributed by atoms with E-state index in [-0.39, 0.29) is 5.91 Å². The largest absolute Gasteiger partial charge is 0.342 e. The maximum absolute atomic E-state index is 12.0. The average molecular weight is 313 g/mol. The van der Waals surface area contributed by atoms with E-state index in [1.807, 2.05) is 29.2 Å². The molecule has 4 nitrogen and oxygen atoms in total. The lowest BCUT2D eigenvalue weighted by molar-refractivity contribution is -0.127. The minimum absolute atomic E-state index is 0.201. The van der Waals surface area contributed by atoms with Crippen molar-refractivity contribution in [2.24, 2.45) is 0 Å². The summed E-state index contributed by atoms with van der Waals surface area (Å²) in [4.78, 5) is 13.9. The van der Waals surface area contributed by atoms with Gasteiger partial charge in [-0.25, -0.2) is 0 Å². The van der Waals surface area contributed by atoms with Crippen LogP contribution in [0.25, 0.3) is 11.3 Å². The zero-order chi connectivity index (χ0) is 15.4. The number of nitrogens with zero attached hydrogens (tertiary/aromatic N) is 3. The summed E-state index contributed by atoms with van der Waals surface area (Å²) in [7, 11) is 0. The Balaban J connectivity index is 1.59. The number of amides is 1. The standard InChI is InChI=1S/C17H19N3OS/c1-13-4-6-14(7-5-13)15-8-9-16(19-18-15)22-12-17(21)20-10-2-3-11-20/h4-9H,2-3,10-12H2,1H3. The van der Waals surface area contributed by atoms with E-state index in [1.54, 1.807) is 0 Å². The summed E-state index contributed by atoms with van der Waals surface area (Å²) >= 11 is 1.46. The van der Waals surface area contributed by atoms with Gasteiger partial charge in [-0.05, 0) is 31.9 Å². The minimum atomic E-state index is 0.201. The van der Waals surface area contributed by atoms with E-state index in [9.17, 15) is 4.79 Å². The molecule has 1 fully saturated rings. The van der Waals surface area contributed by atoms with Crippen LogP contribution in [0.5, 0.6) is 0 Å². The maximum atomic E-state index is 12.0. The molecule has 1 aliphatic rings. The number of thioether (sulfide) groups is 1. The van der Waals surface area contributed by atoms with Gasteiger partial charge in [0.25, 0.3) is 0 Å². The lowest BCUT2D eigenvalue weighted by Gasteiger charge is -2.14. The van der Waals surface area contributed by atoms with Crippen LogP contribution in [0.4, 0.5) is 0 Å². The molecule has 0 radical (unpaired) electrons. The number of aromatic nitrogens is 2. The highest BCUT2D eigenvalue weighted by Crippen LogP contribution is 2.21. The molecule has 0 N–H and O–H groups in total. The number of carbonyl (C=O) groups is 1. The van der Waals surface area contributed by atoms with Crippen molar-refractivity contribution in [2.75, 3.05) is 18.8 Å². The molecule has 0 atom stereocenters. The van der Waals surface area contributed by atoms with Crippen molar-refractivity contribution in [3.8, 4) is 11.3 Å². The smallest absolute Gasteiger partial charge is 0.232 e. The van der Waals surface area contributed by atoms with Crippen LogP contribution in [0.15, 0.2) is 41.4 Å². The van der Waals surface area contributed by atoms with Crippen molar-refractivity contribution in [1.82, 2.24) is 15.1 Å². The average Bonchev–Trinajstić information content (AvgIpc) is 3.08. The Morgan fingerprint density at radius 2 is 1.82 bits per heavy atom. The Hall–Kier alpha value is -1.88. The number of likely N-dealkylation sites (tertiary alicyclic amines) is 1. The molecule has 2 heterocycles. The van der Waals surface area contributed by atoms with E-state index in [2.05, 4.69) is 29.3 Å². The zero-order valence-electron chi connectivity index (χ0n) is 12.7. The fourth-order valence-corrected chi connectivity index (χ4v) is 3.19. The van der Waals surface area contributed by atoms with Crippen LogP contribution in [-0.4, -0.2) is 39.8 Å². The first-order valence-electron chi connectivity index (χ1n) is 7.54. The Kier molecular flexibility index (Phi) is 4.73. The number of hydrogen-bond acceptors (Lipinski definition) is 4. The molecule has 1 aromatic carbocycles. The van der Waals surface area contributed by atoms with Crippen LogP contribution < -0.4 is 0 Å². The van der Waals surface area contributed by atoms with Gasteiger partial charge in [0.1, 0.15) is 5.03 Å². The molecule has 3 rings (SSSR count). The van der Waals surface area contributed by atoms with Gasteiger partial charge in [0.05, 0.1) is 11.4 Å². The Morgan fingerprint density at radius 1 is 1.09 bits per heavy atom. The van der Waals surface area contributed by atoms with Crippen LogP contribution >= 0.6 is 11.8 Å². The third-order valence-electron chi connectivity index (χ3n) is 3.79. The van der Waals surface area contributed by atoms with E-state index >= 15 is 0 Å². The maximum Gasteiger partial charge on any atom is 0.232 e. The number of benzene rings is 1. The van der Waals surface area contributed by atoms with Crippen LogP contribution in [0, 0.1) is 6.92 Å². The van der Waals surface area contributed by atoms with Gasteiger partial charge in [-0.1, -0.05) is 41.6 Å². The zero-order valence-corrected chi connectivity index (χ0v) is 13.5. The summed E-state index contributed by atoms with van der Waals surface area (Å²) in [5.74, 6) is 0.644. The fraction of sp³-hybridized carbons (Fsp3) is 0.353. The van der Waals surface area contributed by atoms with Crippen LogP contribution in [0.3, 0.4) is 0 Å². The molecule has 0 bridgehead atoms. The quantitative estimate of drug-likeness (QED) is 0.813. The predicted octanol–water partition coefficient (Wildman–Crippen LogP) is 3.17. The van der Waals surface area contributed by atoms with Crippen molar-refractivity contribution < 1.29 is 4.79 Å². The topological polar surface area (TPSA) is 46.1 Å². The minimum Gasteiger partial charge on any atom is -0.342 e. The summed E-state index contributed by atoms with van der Waals surface area (Å²) < 4.78 is 0. The third-order valence-corrected chi connectivity index (χ3v) is 4.69. The molecule has 2 aromatic rings. The van der Waals surface area contributed by atoms with Crippen molar-refractivity contribution in [3.05, 3.63) is 42.0 Å². The highest BCUT2D eigenvalue weighted by Gasteiger charge is 2.17. The first-order chi connectivity index (χ1) is 10.7. The number of aryl methyl sites for hydroxylation is 1. The molecule has 0 aliphatic carbocycles. The summed E-state index contributed by atoms with van der Waals surface area (Å²) in [6.07, 6.45) is 2.25. The molecule has 1 saturated heterocycles. The van der Waals surface area contributed by atoms with E-state index in [0.29, 0.717) is 5.75 Å². The summed E-state index contributed by atoms with van der Waals surface area (Å²) in [6, 6.07) is 12.1. The molecule has 0 spiro atoms. The van der Waals surface area contributed by atoms with E-state index in [1.165, 1.54) is 17.3 Å². The Morgan fingerprint density at radius 3 is 2.45 bits per heavy atom.